The van der Waals surface area contributed by atoms with Crippen molar-refractivity contribution in [3.8, 4) is 6.07 Å². The first-order chi connectivity index (χ1) is 7.10. The molecule has 0 amide bonds. The monoisotopic (exact) mass is 242 g/mol. The highest BCUT2D eigenvalue weighted by Gasteiger charge is 2.24. The van der Waals surface area contributed by atoms with E-state index in [2.05, 4.69) is 33.9 Å². The van der Waals surface area contributed by atoms with E-state index >= 15 is 0 Å². The van der Waals surface area contributed by atoms with E-state index in [0.717, 1.165) is 17.6 Å². The van der Waals surface area contributed by atoms with Gasteiger partial charge in [-0.25, -0.2) is 0 Å². The number of nitrogens with zero attached hydrogens (tertiary/aromatic N) is 2. The summed E-state index contributed by atoms with van der Waals surface area (Å²) in [5.74, 6) is 0. The topological polar surface area (TPSA) is 23.8 Å². The van der Waals surface area contributed by atoms with Gasteiger partial charge in [0.05, 0.1) is 38.7 Å². The lowest BCUT2D eigenvalue weighted by molar-refractivity contribution is -0.927. The lowest BCUT2D eigenvalue weighted by Gasteiger charge is -2.37. The first-order valence-corrected chi connectivity index (χ1v) is 5.19. The Labute approximate surface area is 94.5 Å². The van der Waals surface area contributed by atoms with Gasteiger partial charge >= 0.3 is 7.25 Å². The van der Waals surface area contributed by atoms with E-state index < -0.39 is 7.25 Å². The zero-order chi connectivity index (χ0) is 13.4. The van der Waals surface area contributed by atoms with Gasteiger partial charge in [0.1, 0.15) is 0 Å². The maximum Gasteiger partial charge on any atom is 0.673 e. The summed E-state index contributed by atoms with van der Waals surface area (Å²) in [7, 11) is -3.79. The van der Waals surface area contributed by atoms with E-state index in [0.29, 0.717) is 12.5 Å². The smallest absolute Gasteiger partial charge is 0.418 e. The van der Waals surface area contributed by atoms with Crippen molar-refractivity contribution in [2.75, 3.05) is 20.1 Å². The molecule has 0 aromatic heterocycles. The van der Waals surface area contributed by atoms with Crippen molar-refractivity contribution in [1.29, 1.82) is 5.26 Å². The van der Waals surface area contributed by atoms with E-state index in [1.807, 2.05) is 0 Å². The third-order valence-corrected chi connectivity index (χ3v) is 2.90. The van der Waals surface area contributed by atoms with E-state index in [1.165, 1.54) is 0 Å². The van der Waals surface area contributed by atoms with Crippen LogP contribution in [0, 0.1) is 11.3 Å². The number of hydrogen-bond donors (Lipinski definition) is 0. The molecule has 0 radical (unpaired) electrons. The van der Waals surface area contributed by atoms with Crippen molar-refractivity contribution >= 4 is 7.25 Å². The summed E-state index contributed by atoms with van der Waals surface area (Å²) < 4.78 is 40.0. The van der Waals surface area contributed by atoms with Crippen molar-refractivity contribution in [3.63, 3.8) is 0 Å². The number of hydrogen-bond acceptors (Lipinski definition) is 1. The minimum Gasteiger partial charge on any atom is -0.418 e. The fourth-order valence-electron chi connectivity index (χ4n) is 1.20. The van der Waals surface area contributed by atoms with Crippen LogP contribution < -0.4 is 0 Å². The maximum atomic E-state index is 9.75. The molecular weight excluding hydrogens is 223 g/mol. The molecule has 0 aromatic rings. The molecule has 0 heterocycles. The van der Waals surface area contributed by atoms with Crippen molar-refractivity contribution < 1.29 is 21.7 Å². The van der Waals surface area contributed by atoms with Crippen molar-refractivity contribution in [2.45, 2.75) is 33.2 Å². The molecule has 1 unspecified atom stereocenters. The van der Waals surface area contributed by atoms with Gasteiger partial charge in [0, 0.05) is 0 Å². The highest BCUT2D eigenvalue weighted by atomic mass is 19.5. The van der Waals surface area contributed by atoms with Crippen LogP contribution in [0.2, 0.25) is 0 Å². The van der Waals surface area contributed by atoms with Gasteiger partial charge in [-0.3, -0.25) is 0 Å². The summed E-state index contributed by atoms with van der Waals surface area (Å²) >= 11 is 0. The molecule has 7 heteroatoms. The summed E-state index contributed by atoms with van der Waals surface area (Å²) in [6.45, 7) is 8.73. The van der Waals surface area contributed by atoms with Gasteiger partial charge in [0.15, 0.2) is 0 Å². The minimum absolute atomic E-state index is 0.468. The van der Waals surface area contributed by atoms with Gasteiger partial charge in [0.25, 0.3) is 0 Å². The first-order valence-electron chi connectivity index (χ1n) is 5.19. The Bertz CT molecular complexity index is 215. The average Bonchev–Trinajstić information content (AvgIpc) is 2.14. The standard InChI is InChI=1S/C9H19N2.BF4/c1-5-11(4,6-2)9(3)7-8-10;2-1(3,4)5/h9H,5-7H2,1-4H3;/q+1;-1. The highest BCUT2D eigenvalue weighted by Crippen LogP contribution is 2.11. The molecule has 16 heavy (non-hydrogen) atoms. The van der Waals surface area contributed by atoms with Crippen molar-refractivity contribution in [3.05, 3.63) is 0 Å². The molecule has 0 aliphatic heterocycles. The van der Waals surface area contributed by atoms with E-state index in [4.69, 9.17) is 5.26 Å². The Morgan fingerprint density at radius 2 is 1.50 bits per heavy atom. The van der Waals surface area contributed by atoms with Crippen molar-refractivity contribution in [2.24, 2.45) is 0 Å². The molecule has 2 nitrogen and oxygen atoms in total. The van der Waals surface area contributed by atoms with Crippen LogP contribution in [0.5, 0.6) is 0 Å². The third-order valence-electron chi connectivity index (χ3n) is 2.90. The zero-order valence-electron chi connectivity index (χ0n) is 10.2. The van der Waals surface area contributed by atoms with Crippen LogP contribution >= 0.6 is 0 Å². The van der Waals surface area contributed by atoms with Gasteiger partial charge in [-0.1, -0.05) is 0 Å². The second-order valence-electron chi connectivity index (χ2n) is 3.82. The average molecular weight is 242 g/mol. The SMILES string of the molecule is CC[N+](C)(CC)C(C)CC#N.F[B-](F)(F)F. The summed E-state index contributed by atoms with van der Waals surface area (Å²) in [6.07, 6.45) is 0.665. The molecule has 0 aliphatic carbocycles. The lowest BCUT2D eigenvalue weighted by Crippen LogP contribution is -2.50. The second-order valence-corrected chi connectivity index (χ2v) is 3.82. The van der Waals surface area contributed by atoms with Crippen LogP contribution in [-0.4, -0.2) is 37.9 Å². The molecular formula is C9H19BF4N2. The zero-order valence-corrected chi connectivity index (χ0v) is 10.2. The Kier molecular flexibility index (Phi) is 8.26. The van der Waals surface area contributed by atoms with Crippen molar-refractivity contribution in [1.82, 2.24) is 0 Å². The summed E-state index contributed by atoms with van der Waals surface area (Å²) in [4.78, 5) is 0. The first kappa shape index (κ1) is 17.6. The molecule has 0 spiro atoms. The van der Waals surface area contributed by atoms with Crippen LogP contribution in [0.1, 0.15) is 27.2 Å². The van der Waals surface area contributed by atoms with Gasteiger partial charge in [-0.15, -0.1) is 0 Å². The maximum absolute atomic E-state index is 9.75. The minimum atomic E-state index is -6.00. The Morgan fingerprint density at radius 1 is 1.19 bits per heavy atom. The molecule has 1 atom stereocenters. The quantitative estimate of drug-likeness (QED) is 0.422. The van der Waals surface area contributed by atoms with Crippen LogP contribution in [-0.2, 0) is 0 Å². The second kappa shape index (κ2) is 7.50. The Morgan fingerprint density at radius 3 is 1.69 bits per heavy atom. The lowest BCUT2D eigenvalue weighted by atomic mass is 10.2. The van der Waals surface area contributed by atoms with E-state index in [-0.39, 0.29) is 0 Å². The van der Waals surface area contributed by atoms with E-state index in [1.54, 1.807) is 0 Å². The van der Waals surface area contributed by atoms with Gasteiger partial charge in [-0.2, -0.15) is 5.26 Å². The van der Waals surface area contributed by atoms with Gasteiger partial charge in [0.2, 0.25) is 0 Å². The van der Waals surface area contributed by atoms with Gasteiger partial charge in [-0.05, 0) is 20.8 Å². The fraction of sp³-hybridized carbons (Fsp3) is 0.889. The third kappa shape index (κ3) is 9.78. The Hall–Kier alpha value is -0.765. The molecule has 0 N–H and O–H groups in total. The number of quaternary nitrogens is 1. The highest BCUT2D eigenvalue weighted by molar-refractivity contribution is 6.50. The fourth-order valence-corrected chi connectivity index (χ4v) is 1.20. The molecule has 96 valence electrons. The predicted molar refractivity (Wildman–Crippen MR) is 57.1 cm³/mol. The molecule has 0 aromatic carbocycles. The molecule has 0 saturated carbocycles. The summed E-state index contributed by atoms with van der Waals surface area (Å²) in [5.41, 5.74) is 0. The number of halogens is 4. The van der Waals surface area contributed by atoms with Crippen LogP contribution in [0.25, 0.3) is 0 Å². The molecule has 0 rings (SSSR count). The molecule has 0 fully saturated rings. The predicted octanol–water partition coefficient (Wildman–Crippen LogP) is 3.07. The number of rotatable bonds is 4. The van der Waals surface area contributed by atoms with Gasteiger partial charge < -0.3 is 21.7 Å². The largest absolute Gasteiger partial charge is 0.673 e. The summed E-state index contributed by atoms with van der Waals surface area (Å²) in [6, 6.07) is 2.69. The molecule has 0 bridgehead atoms. The van der Waals surface area contributed by atoms with Crippen LogP contribution in [0.3, 0.4) is 0 Å². The van der Waals surface area contributed by atoms with E-state index in [9.17, 15) is 17.3 Å². The normalized spacial score (nSPS) is 13.4. The molecule has 0 aliphatic rings. The summed E-state index contributed by atoms with van der Waals surface area (Å²) in [5, 5.41) is 8.53. The molecule has 0 saturated heterocycles. The Balaban J connectivity index is 0. The van der Waals surface area contributed by atoms with Crippen LogP contribution in [0.15, 0.2) is 0 Å². The van der Waals surface area contributed by atoms with Crippen LogP contribution in [0.4, 0.5) is 17.3 Å². The number of nitriles is 1.